The van der Waals surface area contributed by atoms with Crippen molar-refractivity contribution in [2.45, 2.75) is 27.3 Å². The molecule has 0 amide bonds. The lowest BCUT2D eigenvalue weighted by atomic mass is 10.00. The van der Waals surface area contributed by atoms with E-state index in [1.165, 1.54) is 28.5 Å². The molecule has 1 aromatic carbocycles. The van der Waals surface area contributed by atoms with Crippen LogP contribution < -0.4 is 0 Å². The van der Waals surface area contributed by atoms with Crippen molar-refractivity contribution in [3.05, 3.63) is 52.3 Å². The standard InChI is InChI=1S/C14H16N2O2/c1-9-4-10(2)13(11(3)5-9)8-16-7-12(6-15-16)14(17)18/h4-7H,8H2,1-3H3,(H,17,18). The van der Waals surface area contributed by atoms with Gasteiger partial charge in [-0.1, -0.05) is 17.7 Å². The van der Waals surface area contributed by atoms with Gasteiger partial charge in [0.05, 0.1) is 18.3 Å². The fraction of sp³-hybridized carbons (Fsp3) is 0.286. The SMILES string of the molecule is Cc1cc(C)c(Cn2cc(C(=O)O)cn2)c(C)c1. The van der Waals surface area contributed by atoms with Crippen LogP contribution in [0, 0.1) is 20.8 Å². The van der Waals surface area contributed by atoms with Gasteiger partial charge in [-0.05, 0) is 37.5 Å². The van der Waals surface area contributed by atoms with Gasteiger partial charge in [0.25, 0.3) is 0 Å². The highest BCUT2D eigenvalue weighted by Gasteiger charge is 2.09. The molecule has 2 rings (SSSR count). The molecule has 94 valence electrons. The first-order valence-corrected chi connectivity index (χ1v) is 5.80. The molecule has 1 aromatic heterocycles. The van der Waals surface area contributed by atoms with Gasteiger partial charge in [0.15, 0.2) is 0 Å². The Kier molecular flexibility index (Phi) is 3.19. The summed E-state index contributed by atoms with van der Waals surface area (Å²) in [6.07, 6.45) is 2.93. The van der Waals surface area contributed by atoms with Crippen molar-refractivity contribution in [3.63, 3.8) is 0 Å². The van der Waals surface area contributed by atoms with Crippen LogP contribution in [0.25, 0.3) is 0 Å². The highest BCUT2D eigenvalue weighted by atomic mass is 16.4. The van der Waals surface area contributed by atoms with Crippen molar-refractivity contribution in [1.29, 1.82) is 0 Å². The molecule has 0 bridgehead atoms. The summed E-state index contributed by atoms with van der Waals surface area (Å²) in [6, 6.07) is 4.26. The first-order chi connectivity index (χ1) is 8.47. The predicted octanol–water partition coefficient (Wildman–Crippen LogP) is 2.55. The summed E-state index contributed by atoms with van der Waals surface area (Å²) in [5, 5.41) is 12.9. The number of carboxylic acid groups (broad SMARTS) is 1. The lowest BCUT2D eigenvalue weighted by Crippen LogP contribution is -2.04. The molecule has 0 aliphatic carbocycles. The lowest BCUT2D eigenvalue weighted by Gasteiger charge is -2.11. The quantitative estimate of drug-likeness (QED) is 0.902. The molecule has 1 N–H and O–H groups in total. The van der Waals surface area contributed by atoms with Gasteiger partial charge in [-0.3, -0.25) is 4.68 Å². The number of hydrogen-bond donors (Lipinski definition) is 1. The summed E-state index contributed by atoms with van der Waals surface area (Å²) in [5.74, 6) is -0.946. The molecule has 0 aliphatic heterocycles. The number of aromatic carboxylic acids is 1. The number of rotatable bonds is 3. The second-order valence-electron chi connectivity index (χ2n) is 4.61. The smallest absolute Gasteiger partial charge is 0.338 e. The molecular weight excluding hydrogens is 228 g/mol. The van der Waals surface area contributed by atoms with Crippen molar-refractivity contribution in [1.82, 2.24) is 9.78 Å². The number of nitrogens with zero attached hydrogens (tertiary/aromatic N) is 2. The lowest BCUT2D eigenvalue weighted by molar-refractivity contribution is 0.0697. The van der Waals surface area contributed by atoms with Gasteiger partial charge in [0.2, 0.25) is 0 Å². The third-order valence-electron chi connectivity index (χ3n) is 3.04. The van der Waals surface area contributed by atoms with Crippen LogP contribution in [0.1, 0.15) is 32.6 Å². The second-order valence-corrected chi connectivity index (χ2v) is 4.61. The van der Waals surface area contributed by atoms with E-state index in [0.29, 0.717) is 6.54 Å². The molecule has 1 heterocycles. The monoisotopic (exact) mass is 244 g/mol. The molecule has 4 nitrogen and oxygen atoms in total. The second kappa shape index (κ2) is 4.64. The molecule has 4 heteroatoms. The fourth-order valence-electron chi connectivity index (χ4n) is 2.18. The summed E-state index contributed by atoms with van der Waals surface area (Å²) >= 11 is 0. The molecule has 0 fully saturated rings. The van der Waals surface area contributed by atoms with Crippen molar-refractivity contribution in [2.75, 3.05) is 0 Å². The third-order valence-corrected chi connectivity index (χ3v) is 3.04. The van der Waals surface area contributed by atoms with Gasteiger partial charge in [0.1, 0.15) is 0 Å². The van der Waals surface area contributed by atoms with E-state index in [1.807, 2.05) is 0 Å². The van der Waals surface area contributed by atoms with E-state index < -0.39 is 5.97 Å². The van der Waals surface area contributed by atoms with Gasteiger partial charge >= 0.3 is 5.97 Å². The van der Waals surface area contributed by atoms with Crippen LogP contribution in [0.2, 0.25) is 0 Å². The Bertz CT molecular complexity index is 577. The van der Waals surface area contributed by atoms with Gasteiger partial charge in [-0.2, -0.15) is 5.10 Å². The van der Waals surface area contributed by atoms with E-state index in [1.54, 1.807) is 10.9 Å². The third kappa shape index (κ3) is 2.42. The zero-order valence-electron chi connectivity index (χ0n) is 10.8. The summed E-state index contributed by atoms with van der Waals surface area (Å²) in [7, 11) is 0. The Morgan fingerprint density at radius 1 is 1.28 bits per heavy atom. The minimum atomic E-state index is -0.946. The van der Waals surface area contributed by atoms with Crippen LogP contribution in [0.15, 0.2) is 24.5 Å². The molecule has 0 saturated carbocycles. The van der Waals surface area contributed by atoms with E-state index in [-0.39, 0.29) is 5.56 Å². The number of carbonyl (C=O) groups is 1. The Morgan fingerprint density at radius 3 is 2.39 bits per heavy atom. The summed E-state index contributed by atoms with van der Waals surface area (Å²) in [5.41, 5.74) is 5.07. The van der Waals surface area contributed by atoms with Gasteiger partial charge in [0, 0.05) is 6.20 Å². The molecule has 0 saturated heterocycles. The van der Waals surface area contributed by atoms with E-state index in [0.717, 1.165) is 0 Å². The number of aromatic nitrogens is 2. The van der Waals surface area contributed by atoms with Gasteiger partial charge in [-0.15, -0.1) is 0 Å². The zero-order valence-corrected chi connectivity index (χ0v) is 10.8. The number of aryl methyl sites for hydroxylation is 3. The molecule has 18 heavy (non-hydrogen) atoms. The largest absolute Gasteiger partial charge is 0.478 e. The number of carboxylic acids is 1. The van der Waals surface area contributed by atoms with Crippen LogP contribution in [0.4, 0.5) is 0 Å². The maximum atomic E-state index is 10.8. The van der Waals surface area contributed by atoms with Crippen molar-refractivity contribution >= 4 is 5.97 Å². The summed E-state index contributed by atoms with van der Waals surface area (Å²) < 4.78 is 1.66. The highest BCUT2D eigenvalue weighted by molar-refractivity contribution is 5.86. The fourth-order valence-corrected chi connectivity index (χ4v) is 2.18. The Balaban J connectivity index is 2.31. The maximum Gasteiger partial charge on any atom is 0.338 e. The molecule has 0 unspecified atom stereocenters. The molecule has 0 atom stereocenters. The topological polar surface area (TPSA) is 55.1 Å². The van der Waals surface area contributed by atoms with Crippen LogP contribution >= 0.6 is 0 Å². The molecule has 0 aliphatic rings. The normalized spacial score (nSPS) is 10.6. The van der Waals surface area contributed by atoms with Crippen LogP contribution in [0.3, 0.4) is 0 Å². The van der Waals surface area contributed by atoms with Gasteiger partial charge < -0.3 is 5.11 Å². The van der Waals surface area contributed by atoms with Crippen molar-refractivity contribution in [3.8, 4) is 0 Å². The van der Waals surface area contributed by atoms with Crippen LogP contribution in [0.5, 0.6) is 0 Å². The van der Waals surface area contributed by atoms with Crippen molar-refractivity contribution < 1.29 is 9.90 Å². The molecular formula is C14H16N2O2. The molecule has 0 radical (unpaired) electrons. The summed E-state index contributed by atoms with van der Waals surface area (Å²) in [6.45, 7) is 6.80. The first kappa shape index (κ1) is 12.4. The van der Waals surface area contributed by atoms with E-state index in [4.69, 9.17) is 5.11 Å². The van der Waals surface area contributed by atoms with Crippen LogP contribution in [-0.4, -0.2) is 20.9 Å². The average Bonchev–Trinajstić information content (AvgIpc) is 2.71. The minimum absolute atomic E-state index is 0.220. The number of hydrogen-bond acceptors (Lipinski definition) is 2. The van der Waals surface area contributed by atoms with E-state index >= 15 is 0 Å². The Morgan fingerprint density at radius 2 is 1.89 bits per heavy atom. The molecule has 2 aromatic rings. The average molecular weight is 244 g/mol. The highest BCUT2D eigenvalue weighted by Crippen LogP contribution is 2.17. The Labute approximate surface area is 106 Å². The van der Waals surface area contributed by atoms with E-state index in [2.05, 4.69) is 38.0 Å². The van der Waals surface area contributed by atoms with E-state index in [9.17, 15) is 4.79 Å². The van der Waals surface area contributed by atoms with Crippen LogP contribution in [-0.2, 0) is 6.54 Å². The minimum Gasteiger partial charge on any atom is -0.478 e. The maximum absolute atomic E-state index is 10.8. The Hall–Kier alpha value is -2.10. The zero-order chi connectivity index (χ0) is 13.3. The predicted molar refractivity (Wildman–Crippen MR) is 68.9 cm³/mol. The van der Waals surface area contributed by atoms with Gasteiger partial charge in [-0.25, -0.2) is 4.79 Å². The summed E-state index contributed by atoms with van der Waals surface area (Å²) in [4.78, 5) is 10.8. The van der Waals surface area contributed by atoms with Crippen molar-refractivity contribution in [2.24, 2.45) is 0 Å². The molecule has 0 spiro atoms. The first-order valence-electron chi connectivity index (χ1n) is 5.80. The number of benzene rings is 1.